The van der Waals surface area contributed by atoms with Gasteiger partial charge < -0.3 is 9.42 Å². The van der Waals surface area contributed by atoms with Crippen molar-refractivity contribution < 1.29 is 14.1 Å². The molecule has 6 nitrogen and oxygen atoms in total. The molecule has 1 aromatic heterocycles. The SMILES string of the molecule is CN(C)Cc1ccc2c(ccc3onc([C@H]4CCC(=O)NC4=O)c32)c1. The van der Waals surface area contributed by atoms with Gasteiger partial charge in [0.15, 0.2) is 5.58 Å². The summed E-state index contributed by atoms with van der Waals surface area (Å²) in [5.41, 5.74) is 2.49. The quantitative estimate of drug-likeness (QED) is 0.744. The highest BCUT2D eigenvalue weighted by Crippen LogP contribution is 2.35. The van der Waals surface area contributed by atoms with Gasteiger partial charge in [-0.05, 0) is 49.0 Å². The fourth-order valence-corrected chi connectivity index (χ4v) is 3.50. The molecule has 0 bridgehead atoms. The third kappa shape index (κ3) is 2.78. The van der Waals surface area contributed by atoms with Crippen LogP contribution in [-0.4, -0.2) is 36.0 Å². The van der Waals surface area contributed by atoms with Gasteiger partial charge in [0.25, 0.3) is 0 Å². The maximum atomic E-state index is 12.2. The van der Waals surface area contributed by atoms with E-state index in [4.69, 9.17) is 4.52 Å². The maximum Gasteiger partial charge on any atom is 0.235 e. The molecule has 2 heterocycles. The fourth-order valence-electron chi connectivity index (χ4n) is 3.50. The van der Waals surface area contributed by atoms with Crippen LogP contribution in [0.3, 0.4) is 0 Å². The third-order valence-electron chi connectivity index (χ3n) is 4.61. The predicted octanol–water partition coefficient (Wildman–Crippen LogP) is 2.56. The van der Waals surface area contributed by atoms with Crippen LogP contribution in [0.1, 0.15) is 30.0 Å². The van der Waals surface area contributed by atoms with E-state index >= 15 is 0 Å². The van der Waals surface area contributed by atoms with Crippen molar-refractivity contribution in [1.29, 1.82) is 0 Å². The van der Waals surface area contributed by atoms with Crippen molar-refractivity contribution in [2.24, 2.45) is 0 Å². The molecule has 0 unspecified atom stereocenters. The van der Waals surface area contributed by atoms with E-state index in [1.807, 2.05) is 26.2 Å². The van der Waals surface area contributed by atoms with Crippen LogP contribution in [0.4, 0.5) is 0 Å². The highest BCUT2D eigenvalue weighted by molar-refractivity contribution is 6.10. The second kappa shape index (κ2) is 5.97. The first-order valence-electron chi connectivity index (χ1n) is 8.32. The summed E-state index contributed by atoms with van der Waals surface area (Å²) in [6.45, 7) is 0.859. The predicted molar refractivity (Wildman–Crippen MR) is 94.0 cm³/mol. The lowest BCUT2D eigenvalue weighted by atomic mass is 9.91. The van der Waals surface area contributed by atoms with Crippen molar-refractivity contribution >= 4 is 33.6 Å². The van der Waals surface area contributed by atoms with Crippen molar-refractivity contribution in [3.8, 4) is 0 Å². The van der Waals surface area contributed by atoms with Gasteiger partial charge in [0.2, 0.25) is 11.8 Å². The number of fused-ring (bicyclic) bond motifs is 3. The average Bonchev–Trinajstić information content (AvgIpc) is 2.98. The Morgan fingerprint density at radius 1 is 1.24 bits per heavy atom. The number of piperidine rings is 1. The third-order valence-corrected chi connectivity index (χ3v) is 4.61. The molecule has 1 fully saturated rings. The number of hydrogen-bond acceptors (Lipinski definition) is 5. The van der Waals surface area contributed by atoms with E-state index in [0.717, 1.165) is 22.7 Å². The lowest BCUT2D eigenvalue weighted by Crippen LogP contribution is -2.39. The normalized spacial score (nSPS) is 18.3. The van der Waals surface area contributed by atoms with E-state index in [2.05, 4.69) is 33.6 Å². The van der Waals surface area contributed by atoms with Gasteiger partial charge in [-0.1, -0.05) is 23.4 Å². The molecule has 4 rings (SSSR count). The van der Waals surface area contributed by atoms with E-state index in [9.17, 15) is 9.59 Å². The summed E-state index contributed by atoms with van der Waals surface area (Å²) in [4.78, 5) is 25.8. The molecular formula is C19H19N3O3. The smallest absolute Gasteiger partial charge is 0.235 e. The highest BCUT2D eigenvalue weighted by atomic mass is 16.5. The lowest BCUT2D eigenvalue weighted by molar-refractivity contribution is -0.134. The molecule has 0 spiro atoms. The topological polar surface area (TPSA) is 75.4 Å². The number of carbonyl (C=O) groups is 2. The number of nitrogens with zero attached hydrogens (tertiary/aromatic N) is 2. The first-order chi connectivity index (χ1) is 12.0. The van der Waals surface area contributed by atoms with Crippen LogP contribution in [0, 0.1) is 0 Å². The molecule has 1 N–H and O–H groups in total. The Morgan fingerprint density at radius 3 is 2.84 bits per heavy atom. The van der Waals surface area contributed by atoms with Crippen molar-refractivity contribution in [2.45, 2.75) is 25.3 Å². The Kier molecular flexibility index (Phi) is 3.77. The molecule has 1 aliphatic rings. The van der Waals surface area contributed by atoms with Crippen molar-refractivity contribution in [3.63, 3.8) is 0 Å². The Balaban J connectivity index is 1.84. The highest BCUT2D eigenvalue weighted by Gasteiger charge is 2.32. The summed E-state index contributed by atoms with van der Waals surface area (Å²) in [5.74, 6) is -0.981. The van der Waals surface area contributed by atoms with E-state index in [0.29, 0.717) is 24.1 Å². The first kappa shape index (κ1) is 15.8. The minimum absolute atomic E-state index is 0.229. The molecular weight excluding hydrogens is 318 g/mol. The number of aromatic nitrogens is 1. The number of imide groups is 1. The van der Waals surface area contributed by atoms with Gasteiger partial charge >= 0.3 is 0 Å². The zero-order valence-electron chi connectivity index (χ0n) is 14.2. The standard InChI is InChI=1S/C19H19N3O3/c1-22(2)10-11-3-5-13-12(9-11)4-7-15-17(13)18(21-25-15)14-6-8-16(23)20-19(14)24/h3-5,7,9,14H,6,8,10H2,1-2H3,(H,20,23,24)/t14-/m1/s1. The maximum absolute atomic E-state index is 12.2. The zero-order valence-corrected chi connectivity index (χ0v) is 14.2. The summed E-state index contributed by atoms with van der Waals surface area (Å²) in [6, 6.07) is 10.2. The molecule has 0 saturated carbocycles. The molecule has 2 aromatic carbocycles. The minimum atomic E-state index is -0.453. The van der Waals surface area contributed by atoms with Crippen molar-refractivity contribution in [1.82, 2.24) is 15.4 Å². The largest absolute Gasteiger partial charge is 0.356 e. The Labute approximate surface area is 144 Å². The molecule has 1 aliphatic heterocycles. The molecule has 1 atom stereocenters. The molecule has 3 aromatic rings. The number of carbonyl (C=O) groups excluding carboxylic acids is 2. The van der Waals surface area contributed by atoms with Crippen molar-refractivity contribution in [2.75, 3.05) is 14.1 Å². The fraction of sp³-hybridized carbons (Fsp3) is 0.316. The summed E-state index contributed by atoms with van der Waals surface area (Å²) in [6.07, 6.45) is 0.782. The van der Waals surface area contributed by atoms with Crippen LogP contribution in [0.5, 0.6) is 0 Å². The summed E-state index contributed by atoms with van der Waals surface area (Å²) in [5, 5.41) is 9.52. The van der Waals surface area contributed by atoms with Gasteiger partial charge in [-0.2, -0.15) is 0 Å². The van der Waals surface area contributed by atoms with E-state index in [1.165, 1.54) is 5.56 Å². The lowest BCUT2D eigenvalue weighted by Gasteiger charge is -2.19. The van der Waals surface area contributed by atoms with Crippen LogP contribution in [0.25, 0.3) is 21.7 Å². The number of hydrogen-bond donors (Lipinski definition) is 1. The molecule has 128 valence electrons. The van der Waals surface area contributed by atoms with Gasteiger partial charge in [0.05, 0.1) is 11.3 Å². The first-order valence-corrected chi connectivity index (χ1v) is 8.32. The van der Waals surface area contributed by atoms with Crippen molar-refractivity contribution in [3.05, 3.63) is 41.6 Å². The second-order valence-corrected chi connectivity index (χ2v) is 6.80. The molecule has 0 aliphatic carbocycles. The van der Waals surface area contributed by atoms with Gasteiger partial charge in [-0.15, -0.1) is 0 Å². The van der Waals surface area contributed by atoms with Gasteiger partial charge in [-0.25, -0.2) is 0 Å². The van der Waals surface area contributed by atoms with Gasteiger partial charge in [0.1, 0.15) is 5.69 Å². The molecule has 1 saturated heterocycles. The van der Waals surface area contributed by atoms with Gasteiger partial charge in [-0.3, -0.25) is 14.9 Å². The summed E-state index contributed by atoms with van der Waals surface area (Å²) in [7, 11) is 4.07. The van der Waals surface area contributed by atoms with E-state index < -0.39 is 5.92 Å². The number of benzene rings is 2. The Bertz CT molecular complexity index is 990. The number of amides is 2. The summed E-state index contributed by atoms with van der Waals surface area (Å²) >= 11 is 0. The van der Waals surface area contributed by atoms with Gasteiger partial charge in [0, 0.05) is 13.0 Å². The van der Waals surface area contributed by atoms with E-state index in [-0.39, 0.29) is 11.8 Å². The zero-order chi connectivity index (χ0) is 17.6. The monoisotopic (exact) mass is 337 g/mol. The van der Waals surface area contributed by atoms with Crippen LogP contribution in [-0.2, 0) is 16.1 Å². The molecule has 25 heavy (non-hydrogen) atoms. The van der Waals surface area contributed by atoms with E-state index in [1.54, 1.807) is 0 Å². The summed E-state index contributed by atoms with van der Waals surface area (Å²) < 4.78 is 5.46. The van der Waals surface area contributed by atoms with Crippen LogP contribution >= 0.6 is 0 Å². The Morgan fingerprint density at radius 2 is 2.08 bits per heavy atom. The molecule has 2 amide bonds. The second-order valence-electron chi connectivity index (χ2n) is 6.80. The number of rotatable bonds is 3. The molecule has 0 radical (unpaired) electrons. The number of nitrogens with one attached hydrogen (secondary N) is 1. The van der Waals surface area contributed by atoms with Crippen LogP contribution in [0.15, 0.2) is 34.9 Å². The minimum Gasteiger partial charge on any atom is -0.356 e. The van der Waals surface area contributed by atoms with Crippen LogP contribution in [0.2, 0.25) is 0 Å². The average molecular weight is 337 g/mol. The van der Waals surface area contributed by atoms with Crippen LogP contribution < -0.4 is 5.32 Å². The molecule has 6 heteroatoms. The Hall–Kier alpha value is -2.73.